The van der Waals surface area contributed by atoms with Gasteiger partial charge in [0.15, 0.2) is 5.82 Å². The van der Waals surface area contributed by atoms with Crippen molar-refractivity contribution < 1.29 is 4.79 Å². The molecule has 29 heavy (non-hydrogen) atoms. The molecule has 2 aromatic carbocycles. The van der Waals surface area contributed by atoms with Crippen molar-refractivity contribution in [1.29, 1.82) is 0 Å². The number of carbonyl (C=O) groups excluding carboxylic acids is 1. The Labute approximate surface area is 170 Å². The van der Waals surface area contributed by atoms with Gasteiger partial charge in [0.05, 0.1) is 5.56 Å². The first-order chi connectivity index (χ1) is 14.3. The minimum Gasteiger partial charge on any atom is -0.352 e. The van der Waals surface area contributed by atoms with E-state index in [-0.39, 0.29) is 11.8 Å². The molecule has 0 saturated heterocycles. The van der Waals surface area contributed by atoms with Crippen LogP contribution in [0.3, 0.4) is 0 Å². The Balaban J connectivity index is 1.40. The molecule has 0 bridgehead atoms. The first-order valence-corrected chi connectivity index (χ1v) is 9.65. The fourth-order valence-electron chi connectivity index (χ4n) is 3.39. The molecular formula is C24H22N4O. The van der Waals surface area contributed by atoms with E-state index in [0.717, 1.165) is 6.42 Å². The van der Waals surface area contributed by atoms with Gasteiger partial charge in [0, 0.05) is 31.1 Å². The third-order valence-electron chi connectivity index (χ3n) is 4.87. The first-order valence-electron chi connectivity index (χ1n) is 9.65. The normalized spacial score (nSPS) is 10.8. The molecule has 0 unspecified atom stereocenters. The maximum atomic E-state index is 12.5. The van der Waals surface area contributed by atoms with Gasteiger partial charge in [0.1, 0.15) is 0 Å². The number of hydrogen-bond acceptors (Lipinski definition) is 3. The number of nitrogens with one attached hydrogen (secondary N) is 1. The molecule has 144 valence electrons. The summed E-state index contributed by atoms with van der Waals surface area (Å²) in [5.41, 5.74) is 3.04. The van der Waals surface area contributed by atoms with E-state index in [1.165, 1.54) is 11.1 Å². The summed E-state index contributed by atoms with van der Waals surface area (Å²) in [5, 5.41) is 7.16. The second-order valence-electron chi connectivity index (χ2n) is 6.77. The average Bonchev–Trinajstić information content (AvgIpc) is 3.33. The van der Waals surface area contributed by atoms with Crippen LogP contribution < -0.4 is 5.32 Å². The van der Waals surface area contributed by atoms with E-state index in [0.29, 0.717) is 17.9 Å². The molecule has 0 atom stereocenters. The van der Waals surface area contributed by atoms with E-state index in [2.05, 4.69) is 63.9 Å². The van der Waals surface area contributed by atoms with Crippen molar-refractivity contribution in [2.45, 2.75) is 12.3 Å². The van der Waals surface area contributed by atoms with Crippen molar-refractivity contribution in [3.8, 4) is 5.82 Å². The van der Waals surface area contributed by atoms with Crippen molar-refractivity contribution >= 4 is 5.91 Å². The zero-order chi connectivity index (χ0) is 19.9. The second kappa shape index (κ2) is 8.97. The minimum absolute atomic E-state index is 0.121. The van der Waals surface area contributed by atoms with Crippen LogP contribution in [0.4, 0.5) is 0 Å². The third kappa shape index (κ3) is 4.58. The molecule has 2 aromatic heterocycles. The molecule has 4 rings (SSSR count). The predicted molar refractivity (Wildman–Crippen MR) is 113 cm³/mol. The molecule has 0 aliphatic carbocycles. The van der Waals surface area contributed by atoms with E-state index < -0.39 is 0 Å². The highest BCUT2D eigenvalue weighted by Gasteiger charge is 2.14. The molecule has 1 N–H and O–H groups in total. The van der Waals surface area contributed by atoms with Crippen LogP contribution in [0, 0.1) is 0 Å². The largest absolute Gasteiger partial charge is 0.352 e. The molecule has 2 heterocycles. The summed E-state index contributed by atoms with van der Waals surface area (Å²) >= 11 is 0. The molecule has 0 aliphatic rings. The molecular weight excluding hydrogens is 360 g/mol. The summed E-state index contributed by atoms with van der Waals surface area (Å²) < 4.78 is 1.66. The number of amides is 1. The quantitative estimate of drug-likeness (QED) is 0.521. The molecule has 0 spiro atoms. The van der Waals surface area contributed by atoms with Crippen LogP contribution >= 0.6 is 0 Å². The fraction of sp³-hybridized carbons (Fsp3) is 0.125. The fourth-order valence-corrected chi connectivity index (χ4v) is 3.39. The van der Waals surface area contributed by atoms with E-state index in [1.54, 1.807) is 29.2 Å². The zero-order valence-corrected chi connectivity index (χ0v) is 16.0. The van der Waals surface area contributed by atoms with E-state index in [4.69, 9.17) is 0 Å². The van der Waals surface area contributed by atoms with Crippen LogP contribution in [0.1, 0.15) is 33.8 Å². The lowest BCUT2D eigenvalue weighted by molar-refractivity contribution is 0.0952. The molecule has 5 heteroatoms. The van der Waals surface area contributed by atoms with Crippen molar-refractivity contribution in [2.24, 2.45) is 0 Å². The predicted octanol–water partition coefficient (Wildman–Crippen LogP) is 4.22. The first kappa shape index (κ1) is 18.6. The van der Waals surface area contributed by atoms with E-state index in [1.807, 2.05) is 24.4 Å². The lowest BCUT2D eigenvalue weighted by Gasteiger charge is -2.18. The Morgan fingerprint density at radius 3 is 2.14 bits per heavy atom. The Morgan fingerprint density at radius 1 is 0.897 bits per heavy atom. The van der Waals surface area contributed by atoms with Crippen LogP contribution in [0.2, 0.25) is 0 Å². The molecule has 0 aliphatic heterocycles. The van der Waals surface area contributed by atoms with Gasteiger partial charge in [-0.1, -0.05) is 60.7 Å². The second-order valence-corrected chi connectivity index (χ2v) is 6.77. The van der Waals surface area contributed by atoms with Gasteiger partial charge in [-0.15, -0.1) is 0 Å². The Hall–Kier alpha value is -3.73. The average molecular weight is 382 g/mol. The van der Waals surface area contributed by atoms with Crippen LogP contribution in [0.15, 0.2) is 97.5 Å². The summed E-state index contributed by atoms with van der Waals surface area (Å²) in [6.45, 7) is 0.578. The molecule has 0 fully saturated rings. The third-order valence-corrected chi connectivity index (χ3v) is 4.87. The number of pyridine rings is 1. The van der Waals surface area contributed by atoms with Crippen molar-refractivity contribution in [3.05, 3.63) is 114 Å². The van der Waals surface area contributed by atoms with Gasteiger partial charge in [-0.2, -0.15) is 5.10 Å². The Kier molecular flexibility index (Phi) is 5.76. The molecule has 0 radical (unpaired) electrons. The molecule has 5 nitrogen and oxygen atoms in total. The summed E-state index contributed by atoms with van der Waals surface area (Å²) in [6, 6.07) is 26.2. The number of aromatic nitrogens is 3. The number of rotatable bonds is 7. The van der Waals surface area contributed by atoms with Gasteiger partial charge in [-0.05, 0) is 35.7 Å². The summed E-state index contributed by atoms with van der Waals surface area (Å²) in [7, 11) is 0. The van der Waals surface area contributed by atoms with Gasteiger partial charge in [-0.25, -0.2) is 9.67 Å². The molecule has 1 amide bonds. The topological polar surface area (TPSA) is 59.8 Å². The SMILES string of the molecule is O=C(NCCC(c1ccccc1)c1ccccc1)c1ccc(-n2cccn2)nc1. The summed E-state index contributed by atoms with van der Waals surface area (Å²) in [4.78, 5) is 16.8. The van der Waals surface area contributed by atoms with Gasteiger partial charge < -0.3 is 5.32 Å². The van der Waals surface area contributed by atoms with Crippen LogP contribution in [-0.4, -0.2) is 27.2 Å². The summed E-state index contributed by atoms with van der Waals surface area (Å²) in [5.74, 6) is 0.794. The van der Waals surface area contributed by atoms with Gasteiger partial charge in [0.2, 0.25) is 0 Å². The van der Waals surface area contributed by atoms with Gasteiger partial charge >= 0.3 is 0 Å². The summed E-state index contributed by atoms with van der Waals surface area (Å²) in [6.07, 6.45) is 5.91. The van der Waals surface area contributed by atoms with Gasteiger partial charge in [0.25, 0.3) is 5.91 Å². The maximum Gasteiger partial charge on any atom is 0.252 e. The standard InChI is InChI=1S/C24H22N4O/c29-24(21-12-13-23(26-18-21)28-17-7-15-27-28)25-16-14-22(19-8-3-1-4-9-19)20-10-5-2-6-11-20/h1-13,15,17-18,22H,14,16H2,(H,25,29). The van der Waals surface area contributed by atoms with E-state index >= 15 is 0 Å². The highest BCUT2D eigenvalue weighted by atomic mass is 16.1. The lowest BCUT2D eigenvalue weighted by Crippen LogP contribution is -2.26. The molecule has 0 saturated carbocycles. The van der Waals surface area contributed by atoms with Crippen LogP contribution in [0.25, 0.3) is 5.82 Å². The number of benzene rings is 2. The van der Waals surface area contributed by atoms with Crippen LogP contribution in [0.5, 0.6) is 0 Å². The molecule has 4 aromatic rings. The zero-order valence-electron chi connectivity index (χ0n) is 16.0. The van der Waals surface area contributed by atoms with Gasteiger partial charge in [-0.3, -0.25) is 4.79 Å². The Morgan fingerprint density at radius 2 is 1.59 bits per heavy atom. The minimum atomic E-state index is -0.121. The van der Waals surface area contributed by atoms with Crippen molar-refractivity contribution in [3.63, 3.8) is 0 Å². The maximum absolute atomic E-state index is 12.5. The van der Waals surface area contributed by atoms with E-state index in [9.17, 15) is 4.79 Å². The van der Waals surface area contributed by atoms with Crippen molar-refractivity contribution in [1.82, 2.24) is 20.1 Å². The van der Waals surface area contributed by atoms with Crippen LogP contribution in [-0.2, 0) is 0 Å². The number of nitrogens with zero attached hydrogens (tertiary/aromatic N) is 3. The smallest absolute Gasteiger partial charge is 0.252 e. The highest BCUT2D eigenvalue weighted by Crippen LogP contribution is 2.27. The number of carbonyl (C=O) groups is 1. The lowest BCUT2D eigenvalue weighted by atomic mass is 9.88. The Bertz CT molecular complexity index is 990. The number of hydrogen-bond donors (Lipinski definition) is 1. The van der Waals surface area contributed by atoms with Crippen molar-refractivity contribution in [2.75, 3.05) is 6.54 Å². The monoisotopic (exact) mass is 382 g/mol. The highest BCUT2D eigenvalue weighted by molar-refractivity contribution is 5.93.